The first-order valence-electron chi connectivity index (χ1n) is 2.89. The van der Waals surface area contributed by atoms with E-state index in [2.05, 4.69) is 0 Å². The van der Waals surface area contributed by atoms with Gasteiger partial charge in [0, 0.05) is 0 Å². The van der Waals surface area contributed by atoms with Crippen molar-refractivity contribution >= 4 is 0 Å². The highest BCUT2D eigenvalue weighted by molar-refractivity contribution is 4.65. The van der Waals surface area contributed by atoms with Gasteiger partial charge in [-0.2, -0.15) is 0 Å². The van der Waals surface area contributed by atoms with E-state index in [9.17, 15) is 0 Å². The third kappa shape index (κ3) is 3.42. The van der Waals surface area contributed by atoms with Crippen molar-refractivity contribution < 1.29 is 15.3 Å². The molecule has 0 aromatic carbocycles. The van der Waals surface area contributed by atoms with E-state index in [1.165, 1.54) is 0 Å². The lowest BCUT2D eigenvalue weighted by atomic mass is 10.1. The van der Waals surface area contributed by atoms with E-state index in [-0.39, 0.29) is 0 Å². The lowest BCUT2D eigenvalue weighted by Gasteiger charge is -2.13. The Kier molecular flexibility index (Phi) is 4.61. The van der Waals surface area contributed by atoms with Gasteiger partial charge in [0.2, 0.25) is 0 Å². The quantitative estimate of drug-likeness (QED) is 0.361. The second kappa shape index (κ2) is 4.69. The highest BCUT2D eigenvalue weighted by Crippen LogP contribution is 1.95. The Morgan fingerprint density at radius 2 is 1.78 bits per heavy atom. The van der Waals surface area contributed by atoms with E-state index in [0.29, 0.717) is 13.0 Å². The molecule has 0 saturated carbocycles. The maximum atomic E-state index is 8.83. The number of aliphatic hydroxyl groups is 3. The molecular weight excluding hydrogens is 122 g/mol. The molecule has 0 aromatic rings. The lowest BCUT2D eigenvalue weighted by Crippen LogP contribution is -2.31. The van der Waals surface area contributed by atoms with Crippen LogP contribution in [0.15, 0.2) is 0 Å². The summed E-state index contributed by atoms with van der Waals surface area (Å²) in [5, 5.41) is 25.8. The zero-order chi connectivity index (χ0) is 7.28. The minimum absolute atomic E-state index is 0.318. The van der Waals surface area contributed by atoms with Crippen LogP contribution >= 0.6 is 0 Å². The molecule has 56 valence electrons. The zero-order valence-electron chi connectivity index (χ0n) is 5.20. The van der Waals surface area contributed by atoms with Crippen LogP contribution in [0.5, 0.6) is 0 Å². The van der Waals surface area contributed by atoms with Gasteiger partial charge in [0.05, 0.1) is 12.7 Å². The predicted molar refractivity (Wildman–Crippen MR) is 32.8 cm³/mol. The van der Waals surface area contributed by atoms with Crippen LogP contribution in [0.3, 0.4) is 0 Å². The fraction of sp³-hybridized carbons (Fsp3) is 1.00. The van der Waals surface area contributed by atoms with Crippen LogP contribution < -0.4 is 5.73 Å². The Hall–Kier alpha value is -0.160. The van der Waals surface area contributed by atoms with Crippen molar-refractivity contribution in [2.45, 2.75) is 18.6 Å². The van der Waals surface area contributed by atoms with E-state index in [4.69, 9.17) is 21.1 Å². The number of nitrogens with two attached hydrogens (primary N) is 1. The lowest BCUT2D eigenvalue weighted by molar-refractivity contribution is -0.0162. The third-order valence-electron chi connectivity index (χ3n) is 1.09. The van der Waals surface area contributed by atoms with Gasteiger partial charge in [0.1, 0.15) is 6.10 Å². The molecular formula is C5H13NO3. The normalized spacial score (nSPS) is 17.3. The van der Waals surface area contributed by atoms with E-state index in [1.807, 2.05) is 0 Å². The number of hydrogen-bond acceptors (Lipinski definition) is 4. The smallest absolute Gasteiger partial charge is 0.103 e. The summed E-state index contributed by atoms with van der Waals surface area (Å²) in [6, 6.07) is 0. The molecule has 4 nitrogen and oxygen atoms in total. The van der Waals surface area contributed by atoms with E-state index >= 15 is 0 Å². The van der Waals surface area contributed by atoms with Gasteiger partial charge in [0.15, 0.2) is 0 Å². The summed E-state index contributed by atoms with van der Waals surface area (Å²) in [7, 11) is 0. The van der Waals surface area contributed by atoms with Crippen LogP contribution in [-0.4, -0.2) is 40.7 Å². The van der Waals surface area contributed by atoms with Gasteiger partial charge in [-0.05, 0) is 13.0 Å². The van der Waals surface area contributed by atoms with Crippen LogP contribution in [0.4, 0.5) is 0 Å². The first kappa shape index (κ1) is 8.84. The predicted octanol–water partition coefficient (Wildman–Crippen LogP) is -1.95. The van der Waals surface area contributed by atoms with Crippen LogP contribution in [-0.2, 0) is 0 Å². The maximum Gasteiger partial charge on any atom is 0.103 e. The Labute approximate surface area is 53.9 Å². The molecule has 0 rings (SSSR count). The van der Waals surface area contributed by atoms with Crippen LogP contribution in [0.25, 0.3) is 0 Å². The summed E-state index contributed by atoms with van der Waals surface area (Å²) < 4.78 is 0. The molecule has 0 unspecified atom stereocenters. The second-order valence-electron chi connectivity index (χ2n) is 1.89. The second-order valence-corrected chi connectivity index (χ2v) is 1.89. The topological polar surface area (TPSA) is 86.7 Å². The summed E-state index contributed by atoms with van der Waals surface area (Å²) in [6.07, 6.45) is -1.62. The summed E-state index contributed by atoms with van der Waals surface area (Å²) in [4.78, 5) is 0. The molecule has 9 heavy (non-hydrogen) atoms. The monoisotopic (exact) mass is 135 g/mol. The standard InChI is InChI=1S/C5H13NO3/c6-2-1-4(8)5(9)3-7/h4-5,7-9H,1-3,6H2/t4-,5-/m0/s1. The zero-order valence-corrected chi connectivity index (χ0v) is 5.20. The minimum Gasteiger partial charge on any atom is -0.394 e. The summed E-state index contributed by atoms with van der Waals surface area (Å²) >= 11 is 0. The van der Waals surface area contributed by atoms with Gasteiger partial charge in [0.25, 0.3) is 0 Å². The molecule has 0 aliphatic carbocycles. The van der Waals surface area contributed by atoms with Crippen LogP contribution in [0.2, 0.25) is 0 Å². The molecule has 5 N–H and O–H groups in total. The molecule has 0 spiro atoms. The van der Waals surface area contributed by atoms with Crippen LogP contribution in [0.1, 0.15) is 6.42 Å². The summed E-state index contributed by atoms with van der Waals surface area (Å²) in [5.41, 5.74) is 5.07. The van der Waals surface area contributed by atoms with E-state index in [0.717, 1.165) is 0 Å². The van der Waals surface area contributed by atoms with Gasteiger partial charge in [-0.3, -0.25) is 0 Å². The van der Waals surface area contributed by atoms with E-state index < -0.39 is 18.8 Å². The molecule has 4 heteroatoms. The van der Waals surface area contributed by atoms with Gasteiger partial charge in [-0.15, -0.1) is 0 Å². The minimum atomic E-state index is -1.05. The van der Waals surface area contributed by atoms with Gasteiger partial charge < -0.3 is 21.1 Å². The van der Waals surface area contributed by atoms with Gasteiger partial charge in [-0.25, -0.2) is 0 Å². The Morgan fingerprint density at radius 3 is 2.11 bits per heavy atom. The molecule has 0 fully saturated rings. The Balaban J connectivity index is 3.32. The molecule has 0 amide bonds. The summed E-state index contributed by atoms with van der Waals surface area (Å²) in [6.45, 7) is -0.0978. The first-order valence-corrected chi connectivity index (χ1v) is 2.89. The molecule has 0 aromatic heterocycles. The van der Waals surface area contributed by atoms with Gasteiger partial charge >= 0.3 is 0 Å². The molecule has 0 radical (unpaired) electrons. The first-order chi connectivity index (χ1) is 4.22. The molecule has 0 aliphatic rings. The van der Waals surface area contributed by atoms with Crippen molar-refractivity contribution in [1.82, 2.24) is 0 Å². The van der Waals surface area contributed by atoms with E-state index in [1.54, 1.807) is 0 Å². The fourth-order valence-electron chi connectivity index (χ4n) is 0.485. The van der Waals surface area contributed by atoms with Crippen molar-refractivity contribution in [3.05, 3.63) is 0 Å². The average molecular weight is 135 g/mol. The largest absolute Gasteiger partial charge is 0.394 e. The number of hydrogen-bond donors (Lipinski definition) is 4. The van der Waals surface area contributed by atoms with Crippen molar-refractivity contribution in [1.29, 1.82) is 0 Å². The van der Waals surface area contributed by atoms with Crippen molar-refractivity contribution in [3.8, 4) is 0 Å². The average Bonchev–Trinajstić information content (AvgIpc) is 1.87. The molecule has 0 aliphatic heterocycles. The number of aliphatic hydroxyl groups excluding tert-OH is 3. The molecule has 0 bridgehead atoms. The van der Waals surface area contributed by atoms with Crippen molar-refractivity contribution in [2.24, 2.45) is 5.73 Å². The summed E-state index contributed by atoms with van der Waals surface area (Å²) in [5.74, 6) is 0. The van der Waals surface area contributed by atoms with Crippen molar-refractivity contribution in [3.63, 3.8) is 0 Å². The molecule has 0 saturated heterocycles. The molecule has 0 heterocycles. The highest BCUT2D eigenvalue weighted by atomic mass is 16.4. The Morgan fingerprint density at radius 1 is 1.22 bits per heavy atom. The number of rotatable bonds is 4. The van der Waals surface area contributed by atoms with Gasteiger partial charge in [-0.1, -0.05) is 0 Å². The maximum absolute atomic E-state index is 8.83. The molecule has 2 atom stereocenters. The SMILES string of the molecule is NCC[C@H](O)[C@@H](O)CO. The fourth-order valence-corrected chi connectivity index (χ4v) is 0.485. The van der Waals surface area contributed by atoms with Crippen LogP contribution in [0, 0.1) is 0 Å². The highest BCUT2D eigenvalue weighted by Gasteiger charge is 2.12. The Bertz CT molecular complexity index is 69.2. The third-order valence-corrected chi connectivity index (χ3v) is 1.09. The van der Waals surface area contributed by atoms with Crippen molar-refractivity contribution in [2.75, 3.05) is 13.2 Å².